The van der Waals surface area contributed by atoms with E-state index >= 15 is 0 Å². The van der Waals surface area contributed by atoms with E-state index in [2.05, 4.69) is 29.4 Å². The molecule has 1 aliphatic rings. The molecular weight excluding hydrogens is 396 g/mol. The van der Waals surface area contributed by atoms with Crippen molar-refractivity contribution >= 4 is 32.4 Å². The maximum Gasteiger partial charge on any atom is 0.243 e. The van der Waals surface area contributed by atoms with E-state index in [9.17, 15) is 13.2 Å². The molecule has 0 unspecified atom stereocenters. The number of carbonyl (C=O) groups is 1. The number of nitrogens with one attached hydrogen (secondary N) is 1. The summed E-state index contributed by atoms with van der Waals surface area (Å²) >= 11 is 1.42. The van der Waals surface area contributed by atoms with Gasteiger partial charge in [-0.25, -0.2) is 8.42 Å². The number of nitrogens with zero attached hydrogens (tertiary/aromatic N) is 3. The molecule has 0 aliphatic carbocycles. The molecule has 0 radical (unpaired) electrons. The Kier molecular flexibility index (Phi) is 6.79. The topological polar surface area (TPSA) is 92.3 Å². The summed E-state index contributed by atoms with van der Waals surface area (Å²) in [7, 11) is -3.50. The Balaban J connectivity index is 1.57. The van der Waals surface area contributed by atoms with Gasteiger partial charge in [0.25, 0.3) is 0 Å². The Labute approximate surface area is 170 Å². The van der Waals surface area contributed by atoms with Crippen molar-refractivity contribution in [2.75, 3.05) is 18.4 Å². The van der Waals surface area contributed by atoms with Crippen molar-refractivity contribution in [3.8, 4) is 0 Å². The summed E-state index contributed by atoms with van der Waals surface area (Å²) in [6.07, 6.45) is 2.98. The van der Waals surface area contributed by atoms with Gasteiger partial charge in [-0.2, -0.15) is 4.31 Å². The minimum absolute atomic E-state index is 0.107. The monoisotopic (exact) mass is 422 g/mol. The molecule has 1 aliphatic heterocycles. The maximum absolute atomic E-state index is 12.7. The second kappa shape index (κ2) is 9.11. The van der Waals surface area contributed by atoms with Crippen molar-refractivity contribution in [3.63, 3.8) is 0 Å². The van der Waals surface area contributed by atoms with Crippen LogP contribution in [0, 0.1) is 5.92 Å². The van der Waals surface area contributed by atoms with Crippen LogP contribution in [0.15, 0.2) is 35.2 Å². The smallest absolute Gasteiger partial charge is 0.243 e. The van der Waals surface area contributed by atoms with Crippen LogP contribution in [0.3, 0.4) is 0 Å². The van der Waals surface area contributed by atoms with Gasteiger partial charge in [-0.3, -0.25) is 4.79 Å². The molecule has 152 valence electrons. The second-order valence-corrected chi connectivity index (χ2v) is 9.89. The fourth-order valence-corrected chi connectivity index (χ4v) is 5.90. The molecule has 1 N–H and O–H groups in total. The molecule has 7 nitrogen and oxygen atoms in total. The van der Waals surface area contributed by atoms with Gasteiger partial charge >= 0.3 is 0 Å². The van der Waals surface area contributed by atoms with Gasteiger partial charge in [-0.1, -0.05) is 43.4 Å². The first kappa shape index (κ1) is 20.9. The van der Waals surface area contributed by atoms with Crippen LogP contribution in [0.1, 0.15) is 50.5 Å². The van der Waals surface area contributed by atoms with Crippen LogP contribution in [-0.4, -0.2) is 41.9 Å². The standard InChI is InChI=1S/C19H26N4O3S2/c1-3-14(4-2)18-21-22-19(27-18)20-17(24)15-10-12-23(13-11-15)28(25,26)16-8-6-5-7-9-16/h5-9,14-15H,3-4,10-13H2,1-2H3,(H,20,22,24). The lowest BCUT2D eigenvalue weighted by molar-refractivity contribution is -0.120. The SMILES string of the molecule is CCC(CC)c1nnc(NC(=O)C2CCN(S(=O)(=O)c3ccccc3)CC2)s1. The number of benzene rings is 1. The fraction of sp³-hybridized carbons (Fsp3) is 0.526. The van der Waals surface area contributed by atoms with Crippen LogP contribution >= 0.6 is 11.3 Å². The van der Waals surface area contributed by atoms with E-state index < -0.39 is 10.0 Å². The summed E-state index contributed by atoms with van der Waals surface area (Å²) < 4.78 is 26.8. The predicted octanol–water partition coefficient (Wildman–Crippen LogP) is 3.48. The highest BCUT2D eigenvalue weighted by Gasteiger charge is 2.32. The third kappa shape index (κ3) is 4.59. The van der Waals surface area contributed by atoms with E-state index in [4.69, 9.17) is 0 Å². The lowest BCUT2D eigenvalue weighted by atomic mass is 9.97. The molecule has 9 heteroatoms. The average Bonchev–Trinajstić information content (AvgIpc) is 3.18. The van der Waals surface area contributed by atoms with Crippen LogP contribution in [0.2, 0.25) is 0 Å². The Morgan fingerprint density at radius 2 is 1.82 bits per heavy atom. The van der Waals surface area contributed by atoms with E-state index in [-0.39, 0.29) is 11.8 Å². The third-order valence-electron chi connectivity index (χ3n) is 5.21. The summed E-state index contributed by atoms with van der Waals surface area (Å²) in [6, 6.07) is 8.41. The first-order valence-electron chi connectivity index (χ1n) is 9.65. The van der Waals surface area contributed by atoms with Crippen LogP contribution in [0.25, 0.3) is 0 Å². The van der Waals surface area contributed by atoms with Gasteiger partial charge in [0.15, 0.2) is 0 Å². The minimum atomic E-state index is -3.50. The van der Waals surface area contributed by atoms with E-state index in [0.29, 0.717) is 41.9 Å². The zero-order chi connectivity index (χ0) is 20.1. The number of hydrogen-bond acceptors (Lipinski definition) is 6. The van der Waals surface area contributed by atoms with E-state index in [1.54, 1.807) is 30.3 Å². The van der Waals surface area contributed by atoms with Crippen molar-refractivity contribution in [2.45, 2.75) is 50.3 Å². The molecule has 0 saturated carbocycles. The van der Waals surface area contributed by atoms with E-state index in [1.807, 2.05) is 0 Å². The second-order valence-electron chi connectivity index (χ2n) is 6.94. The van der Waals surface area contributed by atoms with Gasteiger partial charge in [0.2, 0.25) is 21.1 Å². The summed E-state index contributed by atoms with van der Waals surface area (Å²) in [5.74, 6) is 0.0429. The van der Waals surface area contributed by atoms with Gasteiger partial charge in [0.1, 0.15) is 5.01 Å². The highest BCUT2D eigenvalue weighted by molar-refractivity contribution is 7.89. The number of hydrogen-bond donors (Lipinski definition) is 1. The molecule has 28 heavy (non-hydrogen) atoms. The number of aromatic nitrogens is 2. The molecule has 1 saturated heterocycles. The zero-order valence-electron chi connectivity index (χ0n) is 16.2. The molecule has 0 spiro atoms. The van der Waals surface area contributed by atoms with Gasteiger partial charge in [-0.15, -0.1) is 10.2 Å². The van der Waals surface area contributed by atoms with E-state index in [0.717, 1.165) is 17.8 Å². The number of rotatable bonds is 7. The lowest BCUT2D eigenvalue weighted by Gasteiger charge is -2.30. The quantitative estimate of drug-likeness (QED) is 0.737. The van der Waals surface area contributed by atoms with Crippen LogP contribution in [0.5, 0.6) is 0 Å². The number of amides is 1. The Morgan fingerprint density at radius 3 is 2.43 bits per heavy atom. The molecule has 1 amide bonds. The first-order chi connectivity index (χ1) is 13.5. The Bertz CT molecular complexity index is 887. The summed E-state index contributed by atoms with van der Waals surface area (Å²) in [4.78, 5) is 12.9. The Hall–Kier alpha value is -1.84. The van der Waals surface area contributed by atoms with Crippen molar-refractivity contribution in [1.29, 1.82) is 0 Å². The summed E-state index contributed by atoms with van der Waals surface area (Å²) in [5.41, 5.74) is 0. The highest BCUT2D eigenvalue weighted by Crippen LogP contribution is 2.29. The van der Waals surface area contributed by atoms with Gasteiger partial charge in [0, 0.05) is 24.9 Å². The molecule has 1 aromatic carbocycles. The highest BCUT2D eigenvalue weighted by atomic mass is 32.2. The first-order valence-corrected chi connectivity index (χ1v) is 11.9. The lowest BCUT2D eigenvalue weighted by Crippen LogP contribution is -2.41. The number of carbonyl (C=O) groups excluding carboxylic acids is 1. The number of sulfonamides is 1. The molecule has 2 aromatic rings. The fourth-order valence-electron chi connectivity index (χ4n) is 3.40. The molecular formula is C19H26N4O3S2. The van der Waals surface area contributed by atoms with E-state index in [1.165, 1.54) is 15.6 Å². The van der Waals surface area contributed by atoms with Crippen molar-refractivity contribution in [1.82, 2.24) is 14.5 Å². The molecule has 0 atom stereocenters. The van der Waals surface area contributed by atoms with Crippen LogP contribution < -0.4 is 5.32 Å². The van der Waals surface area contributed by atoms with Crippen molar-refractivity contribution in [3.05, 3.63) is 35.3 Å². The van der Waals surface area contributed by atoms with Crippen LogP contribution in [0.4, 0.5) is 5.13 Å². The molecule has 1 fully saturated rings. The predicted molar refractivity (Wildman–Crippen MR) is 110 cm³/mol. The number of piperidine rings is 1. The minimum Gasteiger partial charge on any atom is -0.300 e. The van der Waals surface area contributed by atoms with Gasteiger partial charge < -0.3 is 5.32 Å². The van der Waals surface area contributed by atoms with Gasteiger partial charge in [-0.05, 0) is 37.8 Å². The normalized spacial score (nSPS) is 16.4. The third-order valence-corrected chi connectivity index (χ3v) is 8.13. The van der Waals surface area contributed by atoms with Gasteiger partial charge in [0.05, 0.1) is 4.90 Å². The average molecular weight is 423 g/mol. The summed E-state index contributed by atoms with van der Waals surface area (Å²) in [6.45, 7) is 4.91. The molecule has 2 heterocycles. The Morgan fingerprint density at radius 1 is 1.18 bits per heavy atom. The molecule has 3 rings (SSSR count). The largest absolute Gasteiger partial charge is 0.300 e. The molecule has 1 aromatic heterocycles. The zero-order valence-corrected chi connectivity index (χ0v) is 17.8. The van der Waals surface area contributed by atoms with Crippen molar-refractivity contribution < 1.29 is 13.2 Å². The molecule has 0 bridgehead atoms. The maximum atomic E-state index is 12.7. The van der Waals surface area contributed by atoms with Crippen LogP contribution in [-0.2, 0) is 14.8 Å². The van der Waals surface area contributed by atoms with Crippen molar-refractivity contribution in [2.24, 2.45) is 5.92 Å². The summed E-state index contributed by atoms with van der Waals surface area (Å²) in [5, 5.41) is 12.6. The number of anilines is 1.